The lowest BCUT2D eigenvalue weighted by atomic mass is 10.0. The van der Waals surface area contributed by atoms with Gasteiger partial charge in [0.1, 0.15) is 0 Å². The monoisotopic (exact) mass is 200 g/mol. The summed E-state index contributed by atoms with van der Waals surface area (Å²) >= 11 is 0. The molecule has 1 aliphatic rings. The Morgan fingerprint density at radius 1 is 1.50 bits per heavy atom. The van der Waals surface area contributed by atoms with Crippen LogP contribution in [0.4, 0.5) is 0 Å². The zero-order chi connectivity index (χ0) is 10.6. The number of hydrogen-bond donors (Lipinski definition) is 1. The van der Waals surface area contributed by atoms with Crippen molar-refractivity contribution >= 4 is 0 Å². The summed E-state index contributed by atoms with van der Waals surface area (Å²) in [6.07, 6.45) is 2.90. The first-order valence-electron chi connectivity index (χ1n) is 5.64. The van der Waals surface area contributed by atoms with Crippen molar-refractivity contribution in [3.05, 3.63) is 0 Å². The van der Waals surface area contributed by atoms with Crippen molar-refractivity contribution in [2.24, 2.45) is 11.7 Å². The average Bonchev–Trinajstić information content (AvgIpc) is 2.18. The van der Waals surface area contributed by atoms with Gasteiger partial charge in [-0.05, 0) is 32.2 Å². The third-order valence-corrected chi connectivity index (χ3v) is 3.24. The summed E-state index contributed by atoms with van der Waals surface area (Å²) in [5.74, 6) is 0.575. The molecule has 1 saturated heterocycles. The molecule has 84 valence electrons. The number of hydrogen-bond acceptors (Lipinski definition) is 3. The number of rotatable bonds is 4. The highest BCUT2D eigenvalue weighted by Gasteiger charge is 2.21. The smallest absolute Gasteiger partial charge is 0.0698 e. The van der Waals surface area contributed by atoms with Crippen molar-refractivity contribution in [3.63, 3.8) is 0 Å². The van der Waals surface area contributed by atoms with E-state index in [9.17, 15) is 0 Å². The minimum absolute atomic E-state index is 0.290. The summed E-state index contributed by atoms with van der Waals surface area (Å²) in [6.45, 7) is 7.70. The predicted molar refractivity (Wildman–Crippen MR) is 59.3 cm³/mol. The maximum absolute atomic E-state index is 5.86. The number of methoxy groups -OCH3 is 1. The number of nitrogens with two attached hydrogens (primary N) is 1. The highest BCUT2D eigenvalue weighted by molar-refractivity contribution is 4.76. The number of nitrogens with zero attached hydrogens (tertiary/aromatic N) is 1. The molecule has 1 heterocycles. The van der Waals surface area contributed by atoms with E-state index < -0.39 is 0 Å². The summed E-state index contributed by atoms with van der Waals surface area (Å²) in [7, 11) is 1.81. The van der Waals surface area contributed by atoms with E-state index in [2.05, 4.69) is 18.7 Å². The Labute approximate surface area is 87.6 Å². The van der Waals surface area contributed by atoms with Gasteiger partial charge in [-0.15, -0.1) is 0 Å². The molecule has 0 aromatic heterocycles. The van der Waals surface area contributed by atoms with Gasteiger partial charge in [-0.25, -0.2) is 0 Å². The summed E-state index contributed by atoms with van der Waals surface area (Å²) in [5, 5.41) is 0. The molecule has 3 unspecified atom stereocenters. The standard InChI is InChI=1S/C11H24N2O/c1-9(10(2)12)7-13-6-4-5-11(8-13)14-3/h9-11H,4-8,12H2,1-3H3. The molecule has 0 aliphatic carbocycles. The van der Waals surface area contributed by atoms with Gasteiger partial charge in [-0.3, -0.25) is 0 Å². The van der Waals surface area contributed by atoms with Gasteiger partial charge in [0.2, 0.25) is 0 Å². The van der Waals surface area contributed by atoms with Crippen LogP contribution in [-0.2, 0) is 4.74 Å². The molecule has 14 heavy (non-hydrogen) atoms. The largest absolute Gasteiger partial charge is 0.380 e. The maximum atomic E-state index is 5.86. The quantitative estimate of drug-likeness (QED) is 0.738. The van der Waals surface area contributed by atoms with Crippen LogP contribution >= 0.6 is 0 Å². The Hall–Kier alpha value is -0.120. The van der Waals surface area contributed by atoms with Gasteiger partial charge in [-0.2, -0.15) is 0 Å². The van der Waals surface area contributed by atoms with Crippen LogP contribution in [0.15, 0.2) is 0 Å². The van der Waals surface area contributed by atoms with Crippen LogP contribution in [0.25, 0.3) is 0 Å². The second kappa shape index (κ2) is 5.69. The molecule has 1 rings (SSSR count). The third kappa shape index (κ3) is 3.56. The first kappa shape index (κ1) is 12.0. The van der Waals surface area contributed by atoms with Crippen LogP contribution in [-0.4, -0.2) is 43.8 Å². The van der Waals surface area contributed by atoms with Crippen LogP contribution in [0.5, 0.6) is 0 Å². The van der Waals surface area contributed by atoms with E-state index >= 15 is 0 Å². The maximum Gasteiger partial charge on any atom is 0.0698 e. The molecule has 3 nitrogen and oxygen atoms in total. The van der Waals surface area contributed by atoms with Crippen LogP contribution in [0.1, 0.15) is 26.7 Å². The zero-order valence-corrected chi connectivity index (χ0v) is 9.70. The van der Waals surface area contributed by atoms with E-state index in [1.54, 1.807) is 0 Å². The Bertz CT molecular complexity index is 161. The van der Waals surface area contributed by atoms with E-state index in [0.717, 1.165) is 13.1 Å². The molecule has 1 fully saturated rings. The lowest BCUT2D eigenvalue weighted by molar-refractivity contribution is 0.0257. The van der Waals surface area contributed by atoms with Gasteiger partial charge in [0.15, 0.2) is 0 Å². The summed E-state index contributed by atoms with van der Waals surface area (Å²) in [4.78, 5) is 2.48. The van der Waals surface area contributed by atoms with E-state index in [0.29, 0.717) is 12.0 Å². The summed E-state index contributed by atoms with van der Waals surface area (Å²) in [6, 6.07) is 0.290. The van der Waals surface area contributed by atoms with E-state index in [-0.39, 0.29) is 6.04 Å². The molecule has 0 saturated carbocycles. The molecular weight excluding hydrogens is 176 g/mol. The Morgan fingerprint density at radius 2 is 2.21 bits per heavy atom. The van der Waals surface area contributed by atoms with Crippen molar-refractivity contribution in [1.82, 2.24) is 4.90 Å². The second-order valence-corrected chi connectivity index (χ2v) is 4.60. The van der Waals surface area contributed by atoms with Crippen molar-refractivity contribution in [3.8, 4) is 0 Å². The van der Waals surface area contributed by atoms with Crippen LogP contribution < -0.4 is 5.73 Å². The minimum Gasteiger partial charge on any atom is -0.380 e. The molecule has 0 spiro atoms. The van der Waals surface area contributed by atoms with Gasteiger partial charge < -0.3 is 15.4 Å². The van der Waals surface area contributed by atoms with Gasteiger partial charge >= 0.3 is 0 Å². The van der Waals surface area contributed by atoms with Gasteiger partial charge in [0, 0.05) is 26.2 Å². The first-order chi connectivity index (χ1) is 6.63. The van der Waals surface area contributed by atoms with Gasteiger partial charge in [-0.1, -0.05) is 6.92 Å². The first-order valence-corrected chi connectivity index (χ1v) is 5.64. The van der Waals surface area contributed by atoms with E-state index in [1.807, 2.05) is 7.11 Å². The SMILES string of the molecule is COC1CCCN(CC(C)C(C)N)C1. The fraction of sp³-hybridized carbons (Fsp3) is 1.00. The third-order valence-electron chi connectivity index (χ3n) is 3.24. The molecule has 2 N–H and O–H groups in total. The average molecular weight is 200 g/mol. The normalized spacial score (nSPS) is 28.7. The fourth-order valence-electron chi connectivity index (χ4n) is 1.94. The molecular formula is C11H24N2O. The van der Waals surface area contributed by atoms with Crippen molar-refractivity contribution < 1.29 is 4.74 Å². The minimum atomic E-state index is 0.290. The topological polar surface area (TPSA) is 38.5 Å². The van der Waals surface area contributed by atoms with Crippen LogP contribution in [0.2, 0.25) is 0 Å². The highest BCUT2D eigenvalue weighted by atomic mass is 16.5. The highest BCUT2D eigenvalue weighted by Crippen LogP contribution is 2.14. The number of piperidine rings is 1. The fourth-order valence-corrected chi connectivity index (χ4v) is 1.94. The lowest BCUT2D eigenvalue weighted by Gasteiger charge is -2.34. The van der Waals surface area contributed by atoms with Crippen LogP contribution in [0, 0.1) is 5.92 Å². The van der Waals surface area contributed by atoms with Crippen molar-refractivity contribution in [2.75, 3.05) is 26.7 Å². The molecule has 3 heteroatoms. The summed E-state index contributed by atoms with van der Waals surface area (Å²) < 4.78 is 5.39. The lowest BCUT2D eigenvalue weighted by Crippen LogP contribution is -2.43. The van der Waals surface area contributed by atoms with Crippen molar-refractivity contribution in [1.29, 1.82) is 0 Å². The Kier molecular flexibility index (Phi) is 4.85. The molecule has 0 aromatic rings. The Morgan fingerprint density at radius 3 is 2.79 bits per heavy atom. The van der Waals surface area contributed by atoms with E-state index in [4.69, 9.17) is 10.5 Å². The molecule has 1 aliphatic heterocycles. The van der Waals surface area contributed by atoms with Gasteiger partial charge in [0.25, 0.3) is 0 Å². The number of ether oxygens (including phenoxy) is 1. The summed E-state index contributed by atoms with van der Waals surface area (Å²) in [5.41, 5.74) is 5.86. The molecule has 0 amide bonds. The predicted octanol–water partition coefficient (Wildman–Crippen LogP) is 1.08. The molecule has 0 bridgehead atoms. The Balaban J connectivity index is 2.30. The molecule has 3 atom stereocenters. The molecule has 0 aromatic carbocycles. The van der Waals surface area contributed by atoms with Gasteiger partial charge in [0.05, 0.1) is 6.10 Å². The van der Waals surface area contributed by atoms with Crippen LogP contribution in [0.3, 0.4) is 0 Å². The van der Waals surface area contributed by atoms with Crippen molar-refractivity contribution in [2.45, 2.75) is 38.8 Å². The molecule has 0 radical (unpaired) electrons. The number of likely N-dealkylation sites (tertiary alicyclic amines) is 1. The zero-order valence-electron chi connectivity index (χ0n) is 9.70. The second-order valence-electron chi connectivity index (χ2n) is 4.60. The van der Waals surface area contributed by atoms with E-state index in [1.165, 1.54) is 19.4 Å².